The number of rotatable bonds is 2. The Balaban J connectivity index is 2.03. The molecule has 9 heteroatoms. The van der Waals surface area contributed by atoms with Crippen LogP contribution in [0, 0.1) is 0 Å². The van der Waals surface area contributed by atoms with E-state index in [2.05, 4.69) is 25.2 Å². The van der Waals surface area contributed by atoms with Crippen LogP contribution in [0.2, 0.25) is 0 Å². The number of aromatic nitrogens is 3. The number of para-hydroxylation sites is 1. The van der Waals surface area contributed by atoms with Crippen LogP contribution in [0.4, 0.5) is 11.5 Å². The summed E-state index contributed by atoms with van der Waals surface area (Å²) >= 11 is 0. The molecule has 0 spiro atoms. The standard InChI is InChI=1S/C12H10N6O3/c1-18-7-5-3-2-4-6(7)8(12(18)20)14-15-11(19)9-10(13)17-21-16-9/h2-5,20H,1H3,(H2,13,17). The van der Waals surface area contributed by atoms with Crippen LogP contribution in [0.3, 0.4) is 0 Å². The van der Waals surface area contributed by atoms with Crippen LogP contribution in [0.1, 0.15) is 10.5 Å². The number of hydrogen-bond donors (Lipinski definition) is 2. The summed E-state index contributed by atoms with van der Waals surface area (Å²) in [4.78, 5) is 11.8. The van der Waals surface area contributed by atoms with Crippen LogP contribution in [-0.2, 0) is 7.05 Å². The summed E-state index contributed by atoms with van der Waals surface area (Å²) in [6, 6.07) is 7.20. The molecule has 3 aromatic rings. The minimum Gasteiger partial charge on any atom is -0.493 e. The maximum Gasteiger partial charge on any atom is 0.321 e. The third-order valence-corrected chi connectivity index (χ3v) is 3.01. The van der Waals surface area contributed by atoms with Crippen molar-refractivity contribution in [3.8, 4) is 5.88 Å². The van der Waals surface area contributed by atoms with Gasteiger partial charge in [-0.05, 0) is 16.4 Å². The molecule has 9 nitrogen and oxygen atoms in total. The lowest BCUT2D eigenvalue weighted by Gasteiger charge is -1.95. The van der Waals surface area contributed by atoms with Gasteiger partial charge in [0.25, 0.3) is 0 Å². The number of carbonyl (C=O) groups is 1. The Bertz CT molecular complexity index is 863. The van der Waals surface area contributed by atoms with E-state index >= 15 is 0 Å². The van der Waals surface area contributed by atoms with Crippen molar-refractivity contribution in [1.29, 1.82) is 0 Å². The molecule has 0 aliphatic heterocycles. The van der Waals surface area contributed by atoms with Gasteiger partial charge in [-0.25, -0.2) is 4.63 Å². The van der Waals surface area contributed by atoms with E-state index in [4.69, 9.17) is 5.73 Å². The van der Waals surface area contributed by atoms with Gasteiger partial charge >= 0.3 is 5.91 Å². The monoisotopic (exact) mass is 286 g/mol. The van der Waals surface area contributed by atoms with E-state index in [1.807, 2.05) is 12.1 Å². The van der Waals surface area contributed by atoms with Gasteiger partial charge in [-0.2, -0.15) is 0 Å². The van der Waals surface area contributed by atoms with Crippen molar-refractivity contribution in [2.45, 2.75) is 0 Å². The molecule has 2 aromatic heterocycles. The first-order chi connectivity index (χ1) is 10.1. The number of carbonyl (C=O) groups excluding carboxylic acids is 1. The van der Waals surface area contributed by atoms with E-state index in [0.29, 0.717) is 5.39 Å². The number of aryl methyl sites for hydroxylation is 1. The number of azo groups is 1. The molecule has 0 saturated heterocycles. The molecule has 1 aromatic carbocycles. The van der Waals surface area contributed by atoms with Crippen LogP contribution in [0.25, 0.3) is 10.9 Å². The smallest absolute Gasteiger partial charge is 0.321 e. The number of amides is 1. The average Bonchev–Trinajstić information content (AvgIpc) is 3.01. The second-order valence-corrected chi connectivity index (χ2v) is 4.25. The first kappa shape index (κ1) is 12.8. The molecule has 2 heterocycles. The minimum absolute atomic E-state index is 0.0981. The molecule has 21 heavy (non-hydrogen) atoms. The second kappa shape index (κ2) is 4.71. The van der Waals surface area contributed by atoms with Crippen LogP contribution in [0.5, 0.6) is 5.88 Å². The number of fused-ring (bicyclic) bond motifs is 1. The summed E-state index contributed by atoms with van der Waals surface area (Å²) in [6.07, 6.45) is 0. The van der Waals surface area contributed by atoms with Crippen molar-refractivity contribution in [3.63, 3.8) is 0 Å². The number of anilines is 1. The van der Waals surface area contributed by atoms with E-state index in [9.17, 15) is 9.90 Å². The lowest BCUT2D eigenvalue weighted by molar-refractivity contribution is 0.0986. The third kappa shape index (κ3) is 2.00. The summed E-state index contributed by atoms with van der Waals surface area (Å²) in [5, 5.41) is 24.6. The van der Waals surface area contributed by atoms with Gasteiger partial charge < -0.3 is 15.4 Å². The van der Waals surface area contributed by atoms with Crippen LogP contribution in [0.15, 0.2) is 39.1 Å². The highest BCUT2D eigenvalue weighted by Gasteiger charge is 2.17. The van der Waals surface area contributed by atoms with Gasteiger partial charge in [0.2, 0.25) is 17.4 Å². The summed E-state index contributed by atoms with van der Waals surface area (Å²) in [7, 11) is 1.68. The maximum atomic E-state index is 11.8. The molecule has 0 bridgehead atoms. The molecular weight excluding hydrogens is 276 g/mol. The summed E-state index contributed by atoms with van der Waals surface area (Å²) in [5.41, 5.74) is 6.12. The first-order valence-corrected chi connectivity index (χ1v) is 5.90. The van der Waals surface area contributed by atoms with Gasteiger partial charge in [-0.15, -0.1) is 10.2 Å². The number of hydrogen-bond acceptors (Lipinski definition) is 7. The number of aromatic hydroxyl groups is 1. The minimum atomic E-state index is -0.805. The van der Waals surface area contributed by atoms with Crippen molar-refractivity contribution in [2.24, 2.45) is 17.3 Å². The number of nitrogens with two attached hydrogens (primary N) is 1. The summed E-state index contributed by atoms with van der Waals surface area (Å²) < 4.78 is 5.86. The topological polar surface area (TPSA) is 132 Å². The fourth-order valence-corrected chi connectivity index (χ4v) is 1.94. The van der Waals surface area contributed by atoms with Crippen molar-refractivity contribution in [3.05, 3.63) is 30.0 Å². The Hall–Kier alpha value is -3.23. The number of benzene rings is 1. The van der Waals surface area contributed by atoms with E-state index < -0.39 is 5.91 Å². The number of nitrogens with zero attached hydrogens (tertiary/aromatic N) is 5. The van der Waals surface area contributed by atoms with Crippen LogP contribution in [-0.4, -0.2) is 25.9 Å². The zero-order chi connectivity index (χ0) is 15.0. The molecule has 1 amide bonds. The Kier molecular flexibility index (Phi) is 2.87. The Morgan fingerprint density at radius 1 is 1.38 bits per heavy atom. The Labute approximate surface area is 117 Å². The lowest BCUT2D eigenvalue weighted by atomic mass is 10.2. The quantitative estimate of drug-likeness (QED) is 0.690. The fraction of sp³-hybridized carbons (Fsp3) is 0.0833. The molecule has 0 atom stereocenters. The zero-order valence-electron chi connectivity index (χ0n) is 10.9. The Morgan fingerprint density at radius 3 is 2.86 bits per heavy atom. The maximum absolute atomic E-state index is 11.8. The molecular formula is C12H10N6O3. The van der Waals surface area contributed by atoms with Gasteiger partial charge in [-0.1, -0.05) is 18.2 Å². The highest BCUT2D eigenvalue weighted by molar-refractivity contribution is 5.98. The summed E-state index contributed by atoms with van der Waals surface area (Å²) in [6.45, 7) is 0. The number of nitrogen functional groups attached to an aromatic ring is 1. The van der Waals surface area contributed by atoms with Crippen molar-refractivity contribution < 1.29 is 14.5 Å². The molecule has 0 fully saturated rings. The van der Waals surface area contributed by atoms with Crippen molar-refractivity contribution in [1.82, 2.24) is 14.9 Å². The fourth-order valence-electron chi connectivity index (χ4n) is 1.94. The molecule has 3 N–H and O–H groups in total. The lowest BCUT2D eigenvalue weighted by Crippen LogP contribution is -1.99. The predicted octanol–water partition coefficient (Wildman–Crippen LogP) is 1.77. The van der Waals surface area contributed by atoms with E-state index in [1.165, 1.54) is 0 Å². The molecule has 0 aliphatic rings. The highest BCUT2D eigenvalue weighted by Crippen LogP contribution is 2.37. The normalized spacial score (nSPS) is 11.5. The molecule has 106 valence electrons. The van der Waals surface area contributed by atoms with Crippen LogP contribution < -0.4 is 5.73 Å². The van der Waals surface area contributed by atoms with E-state index in [1.54, 1.807) is 23.7 Å². The first-order valence-electron chi connectivity index (χ1n) is 5.90. The average molecular weight is 286 g/mol. The van der Waals surface area contributed by atoms with Crippen molar-refractivity contribution in [2.75, 3.05) is 5.73 Å². The summed E-state index contributed by atoms with van der Waals surface area (Å²) in [5.74, 6) is -1.07. The third-order valence-electron chi connectivity index (χ3n) is 3.01. The van der Waals surface area contributed by atoms with E-state index in [0.717, 1.165) is 5.52 Å². The molecule has 0 unspecified atom stereocenters. The highest BCUT2D eigenvalue weighted by atomic mass is 16.6. The van der Waals surface area contributed by atoms with Gasteiger partial charge in [0.05, 0.1) is 5.52 Å². The largest absolute Gasteiger partial charge is 0.493 e. The molecule has 0 aliphatic carbocycles. The van der Waals surface area contributed by atoms with Gasteiger partial charge in [0.15, 0.2) is 5.69 Å². The van der Waals surface area contributed by atoms with Gasteiger partial charge in [0.1, 0.15) is 0 Å². The Morgan fingerprint density at radius 2 is 2.14 bits per heavy atom. The second-order valence-electron chi connectivity index (χ2n) is 4.25. The predicted molar refractivity (Wildman–Crippen MR) is 72.1 cm³/mol. The van der Waals surface area contributed by atoms with Gasteiger partial charge in [0, 0.05) is 12.4 Å². The van der Waals surface area contributed by atoms with Crippen LogP contribution >= 0.6 is 0 Å². The SMILES string of the molecule is Cn1c(O)c(N=NC(=O)c2nonc2N)c2ccccc21. The van der Waals surface area contributed by atoms with Gasteiger partial charge in [-0.3, -0.25) is 4.79 Å². The van der Waals surface area contributed by atoms with Crippen molar-refractivity contribution >= 4 is 28.3 Å². The zero-order valence-corrected chi connectivity index (χ0v) is 10.9. The van der Waals surface area contributed by atoms with E-state index in [-0.39, 0.29) is 23.1 Å². The molecule has 3 rings (SSSR count). The molecule has 0 saturated carbocycles. The molecule has 0 radical (unpaired) electrons.